The molecule has 0 bridgehead atoms. The smallest absolute Gasteiger partial charge is 0.287 e. The van der Waals surface area contributed by atoms with Gasteiger partial charge in [-0.2, -0.15) is 0 Å². The van der Waals surface area contributed by atoms with Crippen LogP contribution >= 0.6 is 0 Å². The second-order valence-corrected chi connectivity index (χ2v) is 9.56. The maximum absolute atomic E-state index is 13.9. The first kappa shape index (κ1) is 25.6. The molecule has 0 aromatic carbocycles. The molecule has 0 aliphatic heterocycles. The van der Waals surface area contributed by atoms with E-state index < -0.39 is 67.6 Å². The number of carbonyl (C=O) groups excluding carboxylic acids is 1. The Hall–Kier alpha value is -2.44. The van der Waals surface area contributed by atoms with Crippen molar-refractivity contribution in [2.45, 2.75) is 87.4 Å². The molecule has 2 saturated carbocycles. The van der Waals surface area contributed by atoms with Crippen LogP contribution in [0.3, 0.4) is 0 Å². The van der Waals surface area contributed by atoms with Gasteiger partial charge in [-0.25, -0.2) is 40.7 Å². The van der Waals surface area contributed by atoms with Gasteiger partial charge in [0.05, 0.1) is 22.7 Å². The van der Waals surface area contributed by atoms with Crippen LogP contribution in [0.15, 0.2) is 12.1 Å². The normalized spacial score (nSPS) is 23.8. The minimum absolute atomic E-state index is 0.00314. The number of rotatable bonds is 6. The monoisotopic (exact) mass is 509 g/mol. The van der Waals surface area contributed by atoms with Crippen LogP contribution in [0.4, 0.5) is 30.7 Å². The van der Waals surface area contributed by atoms with Crippen LogP contribution in [0.25, 0.3) is 11.2 Å². The number of imidazole rings is 1. The van der Waals surface area contributed by atoms with Gasteiger partial charge in [-0.3, -0.25) is 4.79 Å². The average Bonchev–Trinajstić information content (AvgIpc) is 3.22. The summed E-state index contributed by atoms with van der Waals surface area (Å²) in [7, 11) is 0. The number of pyridine rings is 1. The van der Waals surface area contributed by atoms with Crippen molar-refractivity contribution >= 4 is 17.1 Å². The second-order valence-electron chi connectivity index (χ2n) is 9.56. The number of aromatic nitrogens is 3. The number of nitrogens with one attached hydrogen (secondary N) is 2. The molecule has 2 fully saturated rings. The molecule has 35 heavy (non-hydrogen) atoms. The van der Waals surface area contributed by atoms with Gasteiger partial charge < -0.3 is 16.0 Å². The predicted octanol–water partition coefficient (Wildman–Crippen LogP) is 4.91. The fourth-order valence-electron chi connectivity index (χ4n) is 4.95. The maximum Gasteiger partial charge on any atom is 0.287 e. The van der Waals surface area contributed by atoms with Gasteiger partial charge in [0.2, 0.25) is 24.0 Å². The molecule has 2 aliphatic carbocycles. The first-order valence-corrected chi connectivity index (χ1v) is 11.4. The molecule has 2 atom stereocenters. The average molecular weight is 509 g/mol. The molecule has 0 spiro atoms. The third-order valence-electron chi connectivity index (χ3n) is 7.20. The molecule has 0 saturated heterocycles. The largest absolute Gasteiger partial charge is 0.339 e. The first-order chi connectivity index (χ1) is 16.3. The molecular formula is C22H26F7N5O. The van der Waals surface area contributed by atoms with E-state index in [2.05, 4.69) is 15.0 Å². The molecule has 2 aliphatic rings. The van der Waals surface area contributed by atoms with Crippen LogP contribution in [0.2, 0.25) is 0 Å². The summed E-state index contributed by atoms with van der Waals surface area (Å²) in [4.78, 5) is 24.5. The van der Waals surface area contributed by atoms with Crippen molar-refractivity contribution in [1.29, 1.82) is 0 Å². The minimum atomic E-state index is -3.48. The second kappa shape index (κ2) is 9.21. The summed E-state index contributed by atoms with van der Waals surface area (Å²) in [5.74, 6) is -6.84. The van der Waals surface area contributed by atoms with Crippen molar-refractivity contribution in [1.82, 2.24) is 20.3 Å². The number of halogens is 7. The highest BCUT2D eigenvalue weighted by atomic mass is 19.3. The number of H-pyrrole nitrogens is 1. The quantitative estimate of drug-likeness (QED) is 0.381. The molecular weight excluding hydrogens is 483 g/mol. The Kier molecular flexibility index (Phi) is 6.75. The fraction of sp³-hybridized carbons (Fsp3) is 0.682. The molecule has 2 aromatic heterocycles. The van der Waals surface area contributed by atoms with E-state index in [1.54, 1.807) is 5.32 Å². The summed E-state index contributed by atoms with van der Waals surface area (Å²) >= 11 is 0. The number of carbonyl (C=O) groups is 1. The van der Waals surface area contributed by atoms with E-state index in [4.69, 9.17) is 5.73 Å². The van der Waals surface area contributed by atoms with Gasteiger partial charge in [0.1, 0.15) is 5.82 Å². The molecule has 13 heteroatoms. The SMILES string of the molecule is N[C@H](c1nc2nc(C3(C(=O)NC(F)C(F)F)CCC(F)(F)CC3)ccc2[nH]1)C1CCC(F)(F)CC1. The topological polar surface area (TPSA) is 96.7 Å². The number of hydrogen-bond acceptors (Lipinski definition) is 4. The molecule has 4 rings (SSSR count). The summed E-state index contributed by atoms with van der Waals surface area (Å²) in [6.07, 6.45) is -8.79. The molecule has 2 aromatic rings. The summed E-state index contributed by atoms with van der Waals surface area (Å²) in [6.45, 7) is 0. The molecule has 1 amide bonds. The third-order valence-corrected chi connectivity index (χ3v) is 7.20. The van der Waals surface area contributed by atoms with E-state index in [0.717, 1.165) is 0 Å². The summed E-state index contributed by atoms with van der Waals surface area (Å²) in [5, 5.41) is 1.59. The van der Waals surface area contributed by atoms with Crippen molar-refractivity contribution < 1.29 is 35.5 Å². The lowest BCUT2D eigenvalue weighted by molar-refractivity contribution is -0.136. The molecule has 1 unspecified atom stereocenters. The van der Waals surface area contributed by atoms with Crippen molar-refractivity contribution in [3.8, 4) is 0 Å². The summed E-state index contributed by atoms with van der Waals surface area (Å²) in [6, 6.07) is 2.21. The number of hydrogen-bond donors (Lipinski definition) is 3. The molecule has 0 radical (unpaired) electrons. The summed E-state index contributed by atoms with van der Waals surface area (Å²) < 4.78 is 93.7. The molecule has 2 heterocycles. The van der Waals surface area contributed by atoms with E-state index in [0.29, 0.717) is 11.3 Å². The zero-order chi connectivity index (χ0) is 25.6. The van der Waals surface area contributed by atoms with Gasteiger partial charge in [-0.1, -0.05) is 0 Å². The molecule has 6 nitrogen and oxygen atoms in total. The maximum atomic E-state index is 13.9. The van der Waals surface area contributed by atoms with Gasteiger partial charge in [0.25, 0.3) is 6.43 Å². The highest BCUT2D eigenvalue weighted by Crippen LogP contribution is 2.46. The first-order valence-electron chi connectivity index (χ1n) is 11.4. The highest BCUT2D eigenvalue weighted by molar-refractivity contribution is 5.88. The van der Waals surface area contributed by atoms with Gasteiger partial charge in [0.15, 0.2) is 5.65 Å². The van der Waals surface area contributed by atoms with E-state index in [1.165, 1.54) is 12.1 Å². The Balaban J connectivity index is 1.62. The van der Waals surface area contributed by atoms with E-state index >= 15 is 0 Å². The Morgan fingerprint density at radius 3 is 2.17 bits per heavy atom. The van der Waals surface area contributed by atoms with Crippen molar-refractivity contribution in [2.75, 3.05) is 0 Å². The van der Waals surface area contributed by atoms with Crippen LogP contribution in [-0.4, -0.2) is 45.4 Å². The number of alkyl halides is 7. The van der Waals surface area contributed by atoms with Gasteiger partial charge >= 0.3 is 0 Å². The fourth-order valence-corrected chi connectivity index (χ4v) is 4.95. The van der Waals surface area contributed by atoms with E-state index in [1.807, 2.05) is 0 Å². The number of amides is 1. The van der Waals surface area contributed by atoms with E-state index in [9.17, 15) is 35.5 Å². The number of nitrogens with zero attached hydrogens (tertiary/aromatic N) is 2. The lowest BCUT2D eigenvalue weighted by atomic mass is 9.69. The van der Waals surface area contributed by atoms with E-state index in [-0.39, 0.29) is 42.9 Å². The van der Waals surface area contributed by atoms with Crippen molar-refractivity contribution in [3.63, 3.8) is 0 Å². The highest BCUT2D eigenvalue weighted by Gasteiger charge is 2.50. The summed E-state index contributed by atoms with van der Waals surface area (Å²) in [5.41, 5.74) is 5.03. The number of fused-ring (bicyclic) bond motifs is 1. The van der Waals surface area contributed by atoms with Gasteiger partial charge in [-0.05, 0) is 43.7 Å². The van der Waals surface area contributed by atoms with Crippen LogP contribution in [0.1, 0.15) is 68.9 Å². The Morgan fingerprint density at radius 2 is 1.57 bits per heavy atom. The zero-order valence-electron chi connectivity index (χ0n) is 18.6. The lowest BCUT2D eigenvalue weighted by Crippen LogP contribution is -2.52. The zero-order valence-corrected chi connectivity index (χ0v) is 18.6. The van der Waals surface area contributed by atoms with Crippen molar-refractivity contribution in [2.24, 2.45) is 11.7 Å². The van der Waals surface area contributed by atoms with Gasteiger partial charge in [0, 0.05) is 25.7 Å². The van der Waals surface area contributed by atoms with Gasteiger partial charge in [-0.15, -0.1) is 0 Å². The van der Waals surface area contributed by atoms with Crippen molar-refractivity contribution in [3.05, 3.63) is 23.7 Å². The van der Waals surface area contributed by atoms with Crippen LogP contribution in [0.5, 0.6) is 0 Å². The Labute approximate surface area is 196 Å². The minimum Gasteiger partial charge on any atom is -0.339 e. The standard InChI is InChI=1S/C22H26F7N5O/c23-15(24)16(25)33-19(35)20(7-9-22(28,29)10-8-20)13-2-1-12-17(32-13)34-18(31-12)14(30)11-3-5-21(26,27)6-4-11/h1-2,11,14-16H,3-10,30H2,(H,33,35)(H,31,32,34)/t14-,16?/m0/s1. The lowest BCUT2D eigenvalue weighted by Gasteiger charge is -2.38. The number of nitrogens with two attached hydrogens (primary N) is 1. The molecule has 4 N–H and O–H groups in total. The third kappa shape index (κ3) is 5.24. The number of aromatic amines is 1. The Morgan fingerprint density at radius 1 is 0.971 bits per heavy atom. The van der Waals surface area contributed by atoms with Crippen LogP contribution in [0, 0.1) is 5.92 Å². The van der Waals surface area contributed by atoms with Crippen LogP contribution in [-0.2, 0) is 10.2 Å². The molecule has 194 valence electrons. The van der Waals surface area contributed by atoms with Crippen LogP contribution < -0.4 is 11.1 Å². The predicted molar refractivity (Wildman–Crippen MR) is 112 cm³/mol. The Bertz CT molecular complexity index is 1060.